The fourth-order valence-electron chi connectivity index (χ4n) is 9.82. The normalized spacial score (nSPS) is 43.0. The highest BCUT2D eigenvalue weighted by Crippen LogP contribution is 2.70. The molecule has 5 rings (SSSR count). The summed E-state index contributed by atoms with van der Waals surface area (Å²) in [6, 6.07) is 0. The summed E-state index contributed by atoms with van der Waals surface area (Å²) in [5.41, 5.74) is -0.319. The number of aliphatic hydroxyl groups excluding tert-OH is 2. The van der Waals surface area contributed by atoms with Crippen LogP contribution in [0.4, 0.5) is 0 Å². The first-order valence-electron chi connectivity index (χ1n) is 16.2. The third-order valence-corrected chi connectivity index (χ3v) is 12.4. The van der Waals surface area contributed by atoms with Crippen molar-refractivity contribution in [2.24, 2.45) is 40.4 Å². The van der Waals surface area contributed by atoms with Crippen LogP contribution in [0.15, 0.2) is 12.2 Å². The molecule has 0 radical (unpaired) electrons. The first-order valence-corrected chi connectivity index (χ1v) is 18.9. The average Bonchev–Trinajstić information content (AvgIpc) is 3.12. The third-order valence-electron chi connectivity index (χ3n) is 11.5. The van der Waals surface area contributed by atoms with Gasteiger partial charge in [0.25, 0.3) is 0 Å². The Bertz CT molecular complexity index is 1480. The summed E-state index contributed by atoms with van der Waals surface area (Å²) < 4.78 is 93.5. The molecular weight excluding hydrogens is 680 g/mol. The Hall–Kier alpha value is -1.74. The molecule has 274 valence electrons. The van der Waals surface area contributed by atoms with Gasteiger partial charge in [-0.25, -0.2) is 8.37 Å². The molecule has 1 saturated heterocycles. The molecule has 18 heteroatoms. The van der Waals surface area contributed by atoms with Crippen molar-refractivity contribution >= 4 is 32.7 Å². The second kappa shape index (κ2) is 13.4. The summed E-state index contributed by atoms with van der Waals surface area (Å²) in [7, 11) is -10.8. The maximum atomic E-state index is 12.9. The van der Waals surface area contributed by atoms with Gasteiger partial charge in [-0.3, -0.25) is 18.7 Å². The Morgan fingerprint density at radius 2 is 1.67 bits per heavy atom. The molecule has 1 heterocycles. The van der Waals surface area contributed by atoms with Crippen LogP contribution >= 0.6 is 0 Å². The predicted molar refractivity (Wildman–Crippen MR) is 162 cm³/mol. The van der Waals surface area contributed by atoms with Gasteiger partial charge in [0.15, 0.2) is 18.5 Å². The van der Waals surface area contributed by atoms with Gasteiger partial charge in [-0.1, -0.05) is 27.4 Å². The molecule has 16 nitrogen and oxygen atoms in total. The Labute approximate surface area is 280 Å². The van der Waals surface area contributed by atoms with E-state index in [0.29, 0.717) is 12.8 Å². The molecule has 2 bridgehead atoms. The van der Waals surface area contributed by atoms with Crippen LogP contribution in [-0.2, 0) is 53.0 Å². The highest BCUT2D eigenvalue weighted by molar-refractivity contribution is 7.81. The van der Waals surface area contributed by atoms with E-state index >= 15 is 0 Å². The molecule has 5 fully saturated rings. The summed E-state index contributed by atoms with van der Waals surface area (Å²) in [5.74, 6) is -3.25. The first kappa shape index (κ1) is 37.5. The van der Waals surface area contributed by atoms with Crippen LogP contribution in [-0.4, -0.2) is 103 Å². The molecule has 13 atom stereocenters. The van der Waals surface area contributed by atoms with Crippen molar-refractivity contribution in [1.29, 1.82) is 0 Å². The lowest BCUT2D eigenvalue weighted by atomic mass is 9.43. The van der Waals surface area contributed by atoms with Crippen LogP contribution in [0.2, 0.25) is 0 Å². The minimum absolute atomic E-state index is 0.0156. The van der Waals surface area contributed by atoms with Crippen LogP contribution in [0.1, 0.15) is 72.1 Å². The van der Waals surface area contributed by atoms with Gasteiger partial charge in [-0.15, -0.1) is 0 Å². The van der Waals surface area contributed by atoms with E-state index in [2.05, 4.69) is 10.8 Å². The van der Waals surface area contributed by atoms with Gasteiger partial charge in [-0.2, -0.15) is 16.8 Å². The summed E-state index contributed by atoms with van der Waals surface area (Å²) >= 11 is 0. The number of esters is 1. The predicted octanol–water partition coefficient (Wildman–Crippen LogP) is 1.67. The summed E-state index contributed by atoms with van der Waals surface area (Å²) in [4.78, 5) is 25.7. The van der Waals surface area contributed by atoms with E-state index in [4.69, 9.17) is 18.4 Å². The number of carbonyl (C=O) groups excluding carboxylic acids is 1. The average molecular weight is 727 g/mol. The molecular formula is C30H46O16S2. The molecule has 4 saturated carbocycles. The molecule has 0 amide bonds. The number of carbonyl (C=O) groups is 2. The smallest absolute Gasteiger partial charge is 0.397 e. The van der Waals surface area contributed by atoms with Crippen molar-refractivity contribution in [2.75, 3.05) is 6.61 Å². The topological polar surface area (TPSA) is 250 Å². The quantitative estimate of drug-likeness (QED) is 0.0879. The molecule has 1 spiro atoms. The van der Waals surface area contributed by atoms with Crippen molar-refractivity contribution < 1.29 is 73.4 Å². The SMILES string of the molecule is C=C1[C@@H]2CC[C@H]3[C@]4(C)C[C@H](O[C@H]5O[C@@H](CO)[C@@H](OS(=O)(=O)O)[C@@H](OS(=O)(=O)O)[C@@H]5OC(=O)CC(C)C)C[C@@H](C(=O)O)[C@H]4CC[C@]3(C2)[C@H]1O. The molecule has 5 aliphatic rings. The van der Waals surface area contributed by atoms with Crippen LogP contribution in [0.3, 0.4) is 0 Å². The first-order chi connectivity index (χ1) is 22.2. The fraction of sp³-hybridized carbons (Fsp3) is 0.867. The second-order valence-corrected chi connectivity index (χ2v) is 16.9. The lowest BCUT2D eigenvalue weighted by Crippen LogP contribution is -2.64. The number of rotatable bonds is 11. The Balaban J connectivity index is 1.51. The zero-order valence-corrected chi connectivity index (χ0v) is 28.7. The number of aliphatic hydroxyl groups is 2. The van der Waals surface area contributed by atoms with Crippen molar-refractivity contribution in [3.8, 4) is 0 Å². The second-order valence-electron chi connectivity index (χ2n) is 14.8. The van der Waals surface area contributed by atoms with Crippen LogP contribution in [0.5, 0.6) is 0 Å². The van der Waals surface area contributed by atoms with Gasteiger partial charge in [0, 0.05) is 11.8 Å². The van der Waals surface area contributed by atoms with E-state index in [-0.39, 0.29) is 42.9 Å². The van der Waals surface area contributed by atoms with Gasteiger partial charge in [0.1, 0.15) is 12.2 Å². The number of hydrogen-bond donors (Lipinski definition) is 5. The Morgan fingerprint density at radius 3 is 2.25 bits per heavy atom. The van der Waals surface area contributed by atoms with Gasteiger partial charge < -0.3 is 29.5 Å². The van der Waals surface area contributed by atoms with Gasteiger partial charge in [0.05, 0.1) is 24.7 Å². The molecule has 4 aliphatic carbocycles. The largest absolute Gasteiger partial charge is 0.481 e. The Kier molecular flexibility index (Phi) is 10.5. The highest BCUT2D eigenvalue weighted by atomic mass is 32.3. The number of carboxylic acid groups (broad SMARTS) is 1. The minimum atomic E-state index is -5.42. The van der Waals surface area contributed by atoms with Crippen molar-refractivity contribution in [1.82, 2.24) is 0 Å². The molecule has 5 N–H and O–H groups in total. The number of ether oxygens (including phenoxy) is 3. The highest BCUT2D eigenvalue weighted by Gasteiger charge is 2.67. The zero-order valence-electron chi connectivity index (χ0n) is 27.0. The molecule has 1 aliphatic heterocycles. The van der Waals surface area contributed by atoms with E-state index in [1.165, 1.54) is 0 Å². The maximum absolute atomic E-state index is 12.9. The van der Waals surface area contributed by atoms with Crippen molar-refractivity contribution in [2.45, 2.75) is 115 Å². The van der Waals surface area contributed by atoms with Gasteiger partial charge in [0.2, 0.25) is 0 Å². The standard InChI is InChI=1S/C30H46O16S2/c1-14(2)9-22(32)44-25-24(46-48(39,40)41)23(45-47(36,37)38)20(13-31)43-28(25)42-17-10-18(27(34)35)19-7-8-30-11-16(15(3)26(30)33)5-6-21(30)29(19,4)12-17/h14,16-21,23-26,28,31,33H,3,5-13H2,1-2,4H3,(H,34,35)(H,36,37,38)(H,39,40,41)/t16-,17-,18-,19-,20+,21+,23-,24-,25+,26+,28+,29-,30-/m1/s1. The van der Waals surface area contributed by atoms with E-state index < -0.39 is 99.0 Å². The van der Waals surface area contributed by atoms with Crippen molar-refractivity contribution in [3.05, 3.63) is 12.2 Å². The maximum Gasteiger partial charge on any atom is 0.397 e. The monoisotopic (exact) mass is 726 g/mol. The van der Waals surface area contributed by atoms with E-state index in [1.54, 1.807) is 13.8 Å². The number of carboxylic acids is 1. The van der Waals surface area contributed by atoms with Gasteiger partial charge in [-0.05, 0) is 79.6 Å². The fourth-order valence-corrected chi connectivity index (χ4v) is 10.8. The van der Waals surface area contributed by atoms with E-state index in [1.807, 2.05) is 6.92 Å². The van der Waals surface area contributed by atoms with Gasteiger partial charge >= 0.3 is 32.7 Å². The lowest BCUT2D eigenvalue weighted by molar-refractivity contribution is -0.316. The third kappa shape index (κ3) is 7.20. The number of hydrogen-bond acceptors (Lipinski definition) is 13. The summed E-state index contributed by atoms with van der Waals surface area (Å²) in [5, 5.41) is 32.0. The van der Waals surface area contributed by atoms with Crippen LogP contribution < -0.4 is 0 Å². The summed E-state index contributed by atoms with van der Waals surface area (Å²) in [6.07, 6.45) is -7.93. The number of aliphatic carboxylic acids is 1. The minimum Gasteiger partial charge on any atom is -0.481 e. The molecule has 0 unspecified atom stereocenters. The molecule has 48 heavy (non-hydrogen) atoms. The van der Waals surface area contributed by atoms with E-state index in [0.717, 1.165) is 24.8 Å². The van der Waals surface area contributed by atoms with Crippen molar-refractivity contribution in [3.63, 3.8) is 0 Å². The Morgan fingerprint density at radius 1 is 1.02 bits per heavy atom. The molecule has 0 aromatic rings. The zero-order chi connectivity index (χ0) is 35.6. The molecule has 0 aromatic carbocycles. The molecule has 0 aromatic heterocycles. The number of fused-ring (bicyclic) bond motifs is 3. The van der Waals surface area contributed by atoms with E-state index in [9.17, 15) is 50.8 Å². The summed E-state index contributed by atoms with van der Waals surface area (Å²) in [6.45, 7) is 8.52. The van der Waals surface area contributed by atoms with Crippen LogP contribution in [0.25, 0.3) is 0 Å². The van der Waals surface area contributed by atoms with Crippen LogP contribution in [0, 0.1) is 40.4 Å². The lowest BCUT2D eigenvalue weighted by Gasteiger charge is -2.62.